The van der Waals surface area contributed by atoms with Gasteiger partial charge in [-0.15, -0.1) is 0 Å². The summed E-state index contributed by atoms with van der Waals surface area (Å²) in [6, 6.07) is -0.164. The van der Waals surface area contributed by atoms with E-state index in [1.807, 2.05) is 13.8 Å². The number of hydrogen-bond acceptors (Lipinski definition) is 4. The number of amides is 2. The zero-order valence-electron chi connectivity index (χ0n) is 18.0. The molecule has 2 aliphatic heterocycles. The Morgan fingerprint density at radius 2 is 1.86 bits per heavy atom. The molecular weight excluding hydrogens is 366 g/mol. The molecule has 3 N–H and O–H groups in total. The highest BCUT2D eigenvalue weighted by Crippen LogP contribution is 2.41. The van der Waals surface area contributed by atoms with Gasteiger partial charge in [-0.3, -0.25) is 14.9 Å². The van der Waals surface area contributed by atoms with Crippen molar-refractivity contribution < 1.29 is 9.59 Å². The molecule has 160 valence electrons. The van der Waals surface area contributed by atoms with Crippen LogP contribution in [-0.2, 0) is 21.5 Å². The zero-order valence-corrected chi connectivity index (χ0v) is 18.0. The van der Waals surface area contributed by atoms with Gasteiger partial charge < -0.3 is 15.2 Å². The van der Waals surface area contributed by atoms with Gasteiger partial charge in [0, 0.05) is 36.7 Å². The Hall–Kier alpha value is -1.89. The second kappa shape index (κ2) is 7.74. The van der Waals surface area contributed by atoms with Gasteiger partial charge in [0.2, 0.25) is 11.8 Å². The number of likely N-dealkylation sites (tertiary alicyclic amines) is 1. The molecule has 0 bridgehead atoms. The van der Waals surface area contributed by atoms with E-state index in [0.717, 1.165) is 49.9 Å². The molecular formula is C22H35N5O2. The fourth-order valence-corrected chi connectivity index (χ4v) is 5.49. The number of nitrogens with zero attached hydrogens (tertiary/aromatic N) is 2. The molecule has 1 saturated carbocycles. The van der Waals surface area contributed by atoms with Gasteiger partial charge >= 0.3 is 0 Å². The quantitative estimate of drug-likeness (QED) is 0.725. The average Bonchev–Trinajstić information content (AvgIpc) is 3.18. The second-order valence-corrected chi connectivity index (χ2v) is 9.79. The van der Waals surface area contributed by atoms with Crippen LogP contribution in [0.5, 0.6) is 0 Å². The van der Waals surface area contributed by atoms with Crippen molar-refractivity contribution in [1.29, 1.82) is 0 Å². The minimum Gasteiger partial charge on any atom is -0.353 e. The molecule has 1 spiro atoms. The Morgan fingerprint density at radius 1 is 1.17 bits per heavy atom. The molecule has 3 heterocycles. The lowest BCUT2D eigenvalue weighted by atomic mass is 9.73. The summed E-state index contributed by atoms with van der Waals surface area (Å²) in [4.78, 5) is 35.9. The fourth-order valence-electron chi connectivity index (χ4n) is 5.49. The largest absolute Gasteiger partial charge is 0.353 e. The number of aromatic nitrogens is 2. The average molecular weight is 402 g/mol. The van der Waals surface area contributed by atoms with Crippen molar-refractivity contribution in [2.24, 2.45) is 5.41 Å². The number of H-pyrrole nitrogens is 1. The first-order chi connectivity index (χ1) is 13.8. The van der Waals surface area contributed by atoms with E-state index >= 15 is 0 Å². The molecule has 1 aromatic rings. The van der Waals surface area contributed by atoms with E-state index in [1.54, 1.807) is 6.33 Å². The van der Waals surface area contributed by atoms with Gasteiger partial charge in [0.25, 0.3) is 0 Å². The van der Waals surface area contributed by atoms with Crippen molar-refractivity contribution in [1.82, 2.24) is 25.5 Å². The van der Waals surface area contributed by atoms with Crippen LogP contribution in [0.3, 0.4) is 0 Å². The Labute approximate surface area is 173 Å². The van der Waals surface area contributed by atoms with E-state index < -0.39 is 0 Å². The highest BCUT2D eigenvalue weighted by Gasteiger charge is 2.48. The van der Waals surface area contributed by atoms with Crippen LogP contribution < -0.4 is 10.6 Å². The molecule has 7 nitrogen and oxygen atoms in total. The minimum atomic E-state index is -0.336. The highest BCUT2D eigenvalue weighted by atomic mass is 16.2. The van der Waals surface area contributed by atoms with Crippen LogP contribution >= 0.6 is 0 Å². The van der Waals surface area contributed by atoms with Crippen LogP contribution in [0.1, 0.15) is 77.1 Å². The molecule has 0 aromatic carbocycles. The molecule has 7 heteroatoms. The van der Waals surface area contributed by atoms with Gasteiger partial charge in [-0.25, -0.2) is 4.98 Å². The van der Waals surface area contributed by atoms with E-state index in [0.29, 0.717) is 25.4 Å². The molecule has 1 atom stereocenters. The van der Waals surface area contributed by atoms with Crippen LogP contribution in [0.15, 0.2) is 6.33 Å². The molecule has 3 aliphatic rings. The van der Waals surface area contributed by atoms with Crippen LogP contribution in [0.2, 0.25) is 0 Å². The minimum absolute atomic E-state index is 0.0350. The lowest BCUT2D eigenvalue weighted by Crippen LogP contribution is -2.62. The topological polar surface area (TPSA) is 90.1 Å². The number of fused-ring (bicyclic) bond motifs is 2. The molecule has 4 rings (SSSR count). The normalized spacial score (nSPS) is 25.7. The Kier molecular flexibility index (Phi) is 5.44. The number of hydrogen-bond donors (Lipinski definition) is 3. The van der Waals surface area contributed by atoms with Crippen molar-refractivity contribution >= 4 is 11.8 Å². The van der Waals surface area contributed by atoms with Gasteiger partial charge in [0.05, 0.1) is 23.6 Å². The van der Waals surface area contributed by atoms with Crippen molar-refractivity contribution in [3.8, 4) is 0 Å². The maximum absolute atomic E-state index is 13.3. The summed E-state index contributed by atoms with van der Waals surface area (Å²) in [6.07, 6.45) is 9.51. The summed E-state index contributed by atoms with van der Waals surface area (Å²) in [5, 5.41) is 6.66. The first-order valence-corrected chi connectivity index (χ1v) is 11.2. The maximum atomic E-state index is 13.3. The monoisotopic (exact) mass is 401 g/mol. The summed E-state index contributed by atoms with van der Waals surface area (Å²) in [6.45, 7) is 7.54. The molecule has 1 saturated heterocycles. The Morgan fingerprint density at radius 3 is 2.52 bits per heavy atom. The van der Waals surface area contributed by atoms with Crippen LogP contribution in [0.4, 0.5) is 0 Å². The molecule has 2 amide bonds. The van der Waals surface area contributed by atoms with E-state index in [4.69, 9.17) is 0 Å². The highest BCUT2D eigenvalue weighted by molar-refractivity contribution is 5.83. The first-order valence-electron chi connectivity index (χ1n) is 11.2. The molecule has 1 aliphatic carbocycles. The lowest BCUT2D eigenvalue weighted by Gasteiger charge is -2.48. The third kappa shape index (κ3) is 3.81. The van der Waals surface area contributed by atoms with Crippen molar-refractivity contribution in [2.75, 3.05) is 13.1 Å². The molecule has 0 unspecified atom stereocenters. The molecule has 29 heavy (non-hydrogen) atoms. The van der Waals surface area contributed by atoms with Crippen molar-refractivity contribution in [3.05, 3.63) is 17.7 Å². The molecule has 1 aromatic heterocycles. The van der Waals surface area contributed by atoms with Gasteiger partial charge in [0.15, 0.2) is 0 Å². The number of rotatable bonds is 3. The van der Waals surface area contributed by atoms with Gasteiger partial charge in [-0.2, -0.15) is 0 Å². The van der Waals surface area contributed by atoms with Gasteiger partial charge in [-0.1, -0.05) is 26.2 Å². The summed E-state index contributed by atoms with van der Waals surface area (Å²) in [5.74, 6) is 0.354. The van der Waals surface area contributed by atoms with Crippen LogP contribution in [0.25, 0.3) is 0 Å². The van der Waals surface area contributed by atoms with Gasteiger partial charge in [0.1, 0.15) is 0 Å². The van der Waals surface area contributed by atoms with Gasteiger partial charge in [-0.05, 0) is 39.5 Å². The van der Waals surface area contributed by atoms with Crippen molar-refractivity contribution in [3.63, 3.8) is 0 Å². The van der Waals surface area contributed by atoms with E-state index in [1.165, 1.54) is 6.42 Å². The number of imidazole rings is 1. The Balaban J connectivity index is 1.49. The predicted molar refractivity (Wildman–Crippen MR) is 111 cm³/mol. The third-order valence-corrected chi connectivity index (χ3v) is 7.16. The summed E-state index contributed by atoms with van der Waals surface area (Å²) < 4.78 is 0. The number of aromatic amines is 1. The fraction of sp³-hybridized carbons (Fsp3) is 0.773. The third-order valence-electron chi connectivity index (χ3n) is 7.16. The number of nitrogens with one attached hydrogen (secondary N) is 3. The van der Waals surface area contributed by atoms with E-state index in [2.05, 4.69) is 32.4 Å². The van der Waals surface area contributed by atoms with E-state index in [9.17, 15) is 9.59 Å². The number of carbonyl (C=O) groups excluding carboxylic acids is 2. The zero-order chi connectivity index (χ0) is 20.6. The molecule has 2 fully saturated rings. The maximum Gasteiger partial charge on any atom is 0.237 e. The van der Waals surface area contributed by atoms with Crippen molar-refractivity contribution in [2.45, 2.75) is 89.8 Å². The van der Waals surface area contributed by atoms with Crippen LogP contribution in [0, 0.1) is 5.41 Å². The molecule has 0 radical (unpaired) electrons. The van der Waals surface area contributed by atoms with Crippen LogP contribution in [-0.4, -0.2) is 51.9 Å². The Bertz CT molecular complexity index is 757. The number of carbonyl (C=O) groups is 2. The van der Waals surface area contributed by atoms with E-state index in [-0.39, 0.29) is 28.9 Å². The smallest absolute Gasteiger partial charge is 0.237 e. The first kappa shape index (κ1) is 20.4. The lowest BCUT2D eigenvalue weighted by molar-refractivity contribution is -0.145. The summed E-state index contributed by atoms with van der Waals surface area (Å²) in [7, 11) is 0. The second-order valence-electron chi connectivity index (χ2n) is 9.79. The number of piperidine rings is 1. The summed E-state index contributed by atoms with van der Waals surface area (Å²) >= 11 is 0. The standard InChI is InChI=1S/C22H35N5O2/c1-15(2)25-19(28)17-13-16-18(24-14-23-16)22(26-17)9-11-27(12-10-22)20(29)21(3)7-5-4-6-8-21/h14-15,17,26H,4-13H2,1-3H3,(H,23,24)(H,25,28)/t17-/m0/s1. The SMILES string of the molecule is CC(C)NC(=O)[C@@H]1Cc2[nH]cnc2C2(CCN(C(=O)C3(C)CCCCC3)CC2)N1. The predicted octanol–water partition coefficient (Wildman–Crippen LogP) is 2.24. The summed E-state index contributed by atoms with van der Waals surface area (Å²) in [5.41, 5.74) is 1.55.